The minimum absolute atomic E-state index is 0.0133. The number of likely N-dealkylation sites (N-methyl/N-ethyl adjacent to an activating group) is 2. The molecule has 0 bridgehead atoms. The van der Waals surface area contributed by atoms with Crippen LogP contribution in [0.25, 0.3) is 0 Å². The van der Waals surface area contributed by atoms with E-state index in [0.717, 1.165) is 30.8 Å². The van der Waals surface area contributed by atoms with Crippen LogP contribution in [-0.2, 0) is 4.74 Å². The van der Waals surface area contributed by atoms with Crippen LogP contribution in [-0.4, -0.2) is 74.3 Å². The van der Waals surface area contributed by atoms with E-state index in [1.807, 2.05) is 30.1 Å². The quantitative estimate of drug-likeness (QED) is 0.767. The molecule has 0 saturated carbocycles. The maximum atomic E-state index is 13.0. The Morgan fingerprint density at radius 1 is 1.12 bits per heavy atom. The highest BCUT2D eigenvalue weighted by Crippen LogP contribution is 2.34. The number of rotatable bonds is 1. The zero-order valence-corrected chi connectivity index (χ0v) is 15.4. The predicted molar refractivity (Wildman–Crippen MR) is 96.8 cm³/mol. The van der Waals surface area contributed by atoms with Crippen molar-refractivity contribution in [2.24, 2.45) is 0 Å². The van der Waals surface area contributed by atoms with Crippen molar-refractivity contribution >= 4 is 17.7 Å². The van der Waals surface area contributed by atoms with E-state index in [4.69, 9.17) is 9.47 Å². The van der Waals surface area contributed by atoms with E-state index in [1.165, 1.54) is 0 Å². The Hall–Kier alpha value is -2.44. The Morgan fingerprint density at radius 3 is 2.73 bits per heavy atom. The number of benzene rings is 1. The summed E-state index contributed by atoms with van der Waals surface area (Å²) in [5.41, 5.74) is 1.22. The fourth-order valence-corrected chi connectivity index (χ4v) is 4.10. The van der Waals surface area contributed by atoms with Crippen molar-refractivity contribution in [3.63, 3.8) is 0 Å². The van der Waals surface area contributed by atoms with Crippen molar-refractivity contribution < 1.29 is 19.1 Å². The van der Waals surface area contributed by atoms with Gasteiger partial charge in [0.1, 0.15) is 18.0 Å². The number of ether oxygens (including phenoxy) is 2. The number of carbonyl (C=O) groups is 2. The smallest absolute Gasteiger partial charge is 0.410 e. The molecule has 1 atom stereocenters. The Morgan fingerprint density at radius 2 is 1.96 bits per heavy atom. The van der Waals surface area contributed by atoms with E-state index >= 15 is 0 Å². The number of nitrogens with zero attached hydrogens (tertiary/aromatic N) is 3. The molecule has 3 aliphatic rings. The fourth-order valence-electron chi connectivity index (χ4n) is 4.10. The first kappa shape index (κ1) is 17.0. The lowest BCUT2D eigenvalue weighted by molar-refractivity contribution is 0.0438. The molecule has 4 rings (SSSR count). The van der Waals surface area contributed by atoms with Crippen LogP contribution in [0.15, 0.2) is 18.2 Å². The standard InChI is InChI=1S/C19H25N3O4/c1-20-10-11-25-16-12-14(4-5-15(16)20)17(23)22-8-3-6-19(7-9-22)13-21(2)18(24)26-19/h4-5,12H,3,6-11,13H2,1-2H3/t19-/m0/s1. The lowest BCUT2D eigenvalue weighted by Gasteiger charge is -2.28. The van der Waals surface area contributed by atoms with Crippen LogP contribution in [0.4, 0.5) is 10.5 Å². The van der Waals surface area contributed by atoms with Crippen molar-refractivity contribution in [2.45, 2.75) is 24.9 Å². The van der Waals surface area contributed by atoms with Gasteiger partial charge in [-0.2, -0.15) is 0 Å². The summed E-state index contributed by atoms with van der Waals surface area (Å²) in [6, 6.07) is 5.67. The Balaban J connectivity index is 1.48. The van der Waals surface area contributed by atoms with Crippen molar-refractivity contribution in [1.29, 1.82) is 0 Å². The Kier molecular flexibility index (Phi) is 4.17. The number of hydrogen-bond donors (Lipinski definition) is 0. The molecule has 2 saturated heterocycles. The largest absolute Gasteiger partial charge is 0.490 e. The molecule has 1 spiro atoms. The molecule has 7 heteroatoms. The van der Waals surface area contributed by atoms with E-state index < -0.39 is 5.60 Å². The zero-order chi connectivity index (χ0) is 18.3. The monoisotopic (exact) mass is 359 g/mol. The van der Waals surface area contributed by atoms with Gasteiger partial charge in [0.2, 0.25) is 0 Å². The highest BCUT2D eigenvalue weighted by atomic mass is 16.6. The molecule has 140 valence electrons. The molecule has 1 aromatic rings. The van der Waals surface area contributed by atoms with E-state index in [-0.39, 0.29) is 12.0 Å². The molecule has 0 aliphatic carbocycles. The SMILES string of the molecule is CN1C[C@@]2(CCCN(C(=O)c3ccc4c(c3)OCCN4C)CC2)OC1=O. The lowest BCUT2D eigenvalue weighted by atomic mass is 9.95. The van der Waals surface area contributed by atoms with Crippen LogP contribution >= 0.6 is 0 Å². The number of likely N-dealkylation sites (tertiary alicyclic amines) is 1. The molecular formula is C19H25N3O4. The van der Waals surface area contributed by atoms with Crippen molar-refractivity contribution in [2.75, 3.05) is 51.8 Å². The van der Waals surface area contributed by atoms with E-state index in [2.05, 4.69) is 4.90 Å². The van der Waals surface area contributed by atoms with Crippen LogP contribution in [0.1, 0.15) is 29.6 Å². The summed E-state index contributed by atoms with van der Waals surface area (Å²) in [7, 11) is 3.78. The third-order valence-corrected chi connectivity index (χ3v) is 5.63. The fraction of sp³-hybridized carbons (Fsp3) is 0.579. The van der Waals surface area contributed by atoms with Gasteiger partial charge in [0.05, 0.1) is 18.8 Å². The molecule has 0 aromatic heterocycles. The molecule has 2 amide bonds. The van der Waals surface area contributed by atoms with Crippen LogP contribution in [0, 0.1) is 0 Å². The second kappa shape index (κ2) is 6.37. The highest BCUT2D eigenvalue weighted by molar-refractivity contribution is 5.95. The molecule has 2 fully saturated rings. The Bertz CT molecular complexity index is 737. The molecule has 3 aliphatic heterocycles. The molecule has 0 N–H and O–H groups in total. The summed E-state index contributed by atoms with van der Waals surface area (Å²) in [5.74, 6) is 0.779. The highest BCUT2D eigenvalue weighted by Gasteiger charge is 2.44. The molecule has 26 heavy (non-hydrogen) atoms. The van der Waals surface area contributed by atoms with Gasteiger partial charge in [-0.25, -0.2) is 4.79 Å². The third-order valence-electron chi connectivity index (χ3n) is 5.63. The van der Waals surface area contributed by atoms with Gasteiger partial charge in [-0.1, -0.05) is 0 Å². The second-order valence-electron chi connectivity index (χ2n) is 7.51. The number of carbonyl (C=O) groups excluding carboxylic acids is 2. The van der Waals surface area contributed by atoms with Gasteiger partial charge in [0.25, 0.3) is 5.91 Å². The van der Waals surface area contributed by atoms with E-state index in [1.54, 1.807) is 11.9 Å². The lowest BCUT2D eigenvalue weighted by Crippen LogP contribution is -2.37. The number of amides is 2. The van der Waals surface area contributed by atoms with Gasteiger partial charge in [0, 0.05) is 39.2 Å². The van der Waals surface area contributed by atoms with Crippen LogP contribution in [0.5, 0.6) is 5.75 Å². The first-order chi connectivity index (χ1) is 12.5. The summed E-state index contributed by atoms with van der Waals surface area (Å²) >= 11 is 0. The summed E-state index contributed by atoms with van der Waals surface area (Å²) in [4.78, 5) is 30.4. The molecule has 0 radical (unpaired) electrons. The topological polar surface area (TPSA) is 62.3 Å². The van der Waals surface area contributed by atoms with Gasteiger partial charge in [0.15, 0.2) is 0 Å². The van der Waals surface area contributed by atoms with Gasteiger partial charge in [-0.15, -0.1) is 0 Å². The molecule has 7 nitrogen and oxygen atoms in total. The molecular weight excluding hydrogens is 334 g/mol. The maximum absolute atomic E-state index is 13.0. The van der Waals surface area contributed by atoms with Gasteiger partial charge in [-0.05, 0) is 31.0 Å². The zero-order valence-electron chi connectivity index (χ0n) is 15.4. The number of anilines is 1. The maximum Gasteiger partial charge on any atom is 0.410 e. The van der Waals surface area contributed by atoms with E-state index in [0.29, 0.717) is 38.2 Å². The second-order valence-corrected chi connectivity index (χ2v) is 7.51. The van der Waals surface area contributed by atoms with Crippen LogP contribution in [0.3, 0.4) is 0 Å². The molecule has 3 heterocycles. The summed E-state index contributed by atoms with van der Waals surface area (Å²) in [5, 5.41) is 0. The van der Waals surface area contributed by atoms with Crippen LogP contribution < -0.4 is 9.64 Å². The van der Waals surface area contributed by atoms with Crippen molar-refractivity contribution in [3.8, 4) is 5.75 Å². The minimum atomic E-state index is -0.442. The van der Waals surface area contributed by atoms with Gasteiger partial charge in [-0.3, -0.25) is 4.79 Å². The minimum Gasteiger partial charge on any atom is -0.490 e. The van der Waals surface area contributed by atoms with E-state index in [9.17, 15) is 9.59 Å². The summed E-state index contributed by atoms with van der Waals surface area (Å²) in [6.07, 6.45) is 2.04. The average Bonchev–Trinajstić information content (AvgIpc) is 2.79. The summed E-state index contributed by atoms with van der Waals surface area (Å²) in [6.45, 7) is 3.36. The van der Waals surface area contributed by atoms with Crippen LogP contribution in [0.2, 0.25) is 0 Å². The first-order valence-electron chi connectivity index (χ1n) is 9.19. The van der Waals surface area contributed by atoms with Crippen molar-refractivity contribution in [3.05, 3.63) is 23.8 Å². The number of hydrogen-bond acceptors (Lipinski definition) is 5. The normalized spacial score (nSPS) is 25.6. The van der Waals surface area contributed by atoms with Gasteiger partial charge < -0.3 is 24.2 Å². The average molecular weight is 359 g/mol. The predicted octanol–water partition coefficient (Wildman–Crippen LogP) is 1.96. The summed E-state index contributed by atoms with van der Waals surface area (Å²) < 4.78 is 11.3. The van der Waals surface area contributed by atoms with Gasteiger partial charge >= 0.3 is 6.09 Å². The Labute approximate surface area is 153 Å². The third kappa shape index (κ3) is 2.95. The molecule has 0 unspecified atom stereocenters. The first-order valence-corrected chi connectivity index (χ1v) is 9.19. The van der Waals surface area contributed by atoms with Crippen molar-refractivity contribution in [1.82, 2.24) is 9.80 Å². The number of fused-ring (bicyclic) bond motifs is 1. The molecule has 1 aromatic carbocycles.